The zero-order chi connectivity index (χ0) is 11.8. The van der Waals surface area contributed by atoms with E-state index >= 15 is 0 Å². The Hall–Kier alpha value is -0.960. The van der Waals surface area contributed by atoms with Crippen molar-refractivity contribution in [2.45, 2.75) is 38.1 Å². The Morgan fingerprint density at radius 3 is 2.94 bits per heavy atom. The fourth-order valence-corrected chi connectivity index (χ4v) is 3.45. The van der Waals surface area contributed by atoms with Gasteiger partial charge in [0.15, 0.2) is 0 Å². The van der Waals surface area contributed by atoms with Gasteiger partial charge in [-0.3, -0.25) is 4.79 Å². The molecular weight excluding hydrogens is 238 g/mol. The van der Waals surface area contributed by atoms with Crippen molar-refractivity contribution in [2.75, 3.05) is 6.54 Å². The molecule has 1 aliphatic carbocycles. The Kier molecular flexibility index (Phi) is 2.87. The predicted molar refractivity (Wildman–Crippen MR) is 65.1 cm³/mol. The second-order valence-corrected chi connectivity index (χ2v) is 5.35. The lowest BCUT2D eigenvalue weighted by atomic mass is 9.85. The summed E-state index contributed by atoms with van der Waals surface area (Å²) in [7, 11) is 0. The van der Waals surface area contributed by atoms with Gasteiger partial charge >= 0.3 is 0 Å². The van der Waals surface area contributed by atoms with Gasteiger partial charge in [0, 0.05) is 12.6 Å². The molecule has 3 nitrogen and oxygen atoms in total. The lowest BCUT2D eigenvalue weighted by Crippen LogP contribution is -2.39. The molecule has 1 aromatic heterocycles. The first kappa shape index (κ1) is 11.1. The molecule has 2 heterocycles. The summed E-state index contributed by atoms with van der Waals surface area (Å²) in [4.78, 5) is 14.4. The van der Waals surface area contributed by atoms with Crippen LogP contribution in [0.1, 0.15) is 42.5 Å². The molecule has 0 radical (unpaired) electrons. The van der Waals surface area contributed by atoms with E-state index in [-0.39, 0.29) is 11.1 Å². The fraction of sp³-hybridized carbons (Fsp3) is 0.615. The highest BCUT2D eigenvalue weighted by molar-refractivity contribution is 6.32. The van der Waals surface area contributed by atoms with Crippen LogP contribution in [0.4, 0.5) is 0 Å². The number of likely N-dealkylation sites (tertiary alicyclic amines) is 1. The molecule has 0 N–H and O–H groups in total. The summed E-state index contributed by atoms with van der Waals surface area (Å²) >= 11 is 5.87. The molecule has 1 aliphatic heterocycles. The molecule has 1 amide bonds. The molecule has 1 saturated carbocycles. The zero-order valence-electron chi connectivity index (χ0n) is 9.69. The standard InChI is InChI=1S/C13H16ClNO2/c14-12-10(6-8-17-12)13(16)15-7-5-9-3-1-2-4-11(9)15/h6,8-9,11H,1-5,7H2. The van der Waals surface area contributed by atoms with E-state index in [1.54, 1.807) is 6.07 Å². The van der Waals surface area contributed by atoms with Gasteiger partial charge in [0.05, 0.1) is 11.8 Å². The maximum absolute atomic E-state index is 12.4. The molecule has 0 spiro atoms. The van der Waals surface area contributed by atoms with Crippen LogP contribution in [-0.2, 0) is 0 Å². The van der Waals surface area contributed by atoms with E-state index in [0.717, 1.165) is 19.4 Å². The second kappa shape index (κ2) is 4.37. The van der Waals surface area contributed by atoms with Crippen LogP contribution in [0, 0.1) is 5.92 Å². The van der Waals surface area contributed by atoms with Gasteiger partial charge in [-0.15, -0.1) is 0 Å². The minimum absolute atomic E-state index is 0.0400. The number of fused-ring (bicyclic) bond motifs is 1. The molecule has 17 heavy (non-hydrogen) atoms. The minimum Gasteiger partial charge on any atom is -0.452 e. The number of carbonyl (C=O) groups is 1. The Labute approximate surface area is 106 Å². The van der Waals surface area contributed by atoms with E-state index in [1.807, 2.05) is 4.90 Å². The number of furan rings is 1. The molecular formula is C13H16ClNO2. The summed E-state index contributed by atoms with van der Waals surface area (Å²) in [6.07, 6.45) is 7.59. The number of amides is 1. The molecule has 2 unspecified atom stereocenters. The average Bonchev–Trinajstić information content (AvgIpc) is 2.94. The quantitative estimate of drug-likeness (QED) is 0.769. The number of hydrogen-bond acceptors (Lipinski definition) is 2. The fourth-order valence-electron chi connectivity index (χ4n) is 3.26. The van der Waals surface area contributed by atoms with Crippen molar-refractivity contribution in [3.63, 3.8) is 0 Å². The normalized spacial score (nSPS) is 28.2. The number of nitrogens with zero attached hydrogens (tertiary/aromatic N) is 1. The van der Waals surface area contributed by atoms with Crippen LogP contribution in [0.3, 0.4) is 0 Å². The third-order valence-corrected chi connectivity index (χ3v) is 4.41. The van der Waals surface area contributed by atoms with Crippen LogP contribution in [-0.4, -0.2) is 23.4 Å². The van der Waals surface area contributed by atoms with Gasteiger partial charge in [-0.25, -0.2) is 0 Å². The third kappa shape index (κ3) is 1.86. The summed E-state index contributed by atoms with van der Waals surface area (Å²) in [6.45, 7) is 0.871. The van der Waals surface area contributed by atoms with Gasteiger partial charge in [0.2, 0.25) is 5.22 Å². The van der Waals surface area contributed by atoms with Crippen LogP contribution in [0.5, 0.6) is 0 Å². The highest BCUT2D eigenvalue weighted by Crippen LogP contribution is 2.37. The maximum Gasteiger partial charge on any atom is 0.258 e. The van der Waals surface area contributed by atoms with Crippen molar-refractivity contribution in [2.24, 2.45) is 5.92 Å². The first-order chi connectivity index (χ1) is 8.27. The number of rotatable bonds is 1. The molecule has 2 atom stereocenters. The Morgan fingerprint density at radius 1 is 1.35 bits per heavy atom. The van der Waals surface area contributed by atoms with E-state index in [0.29, 0.717) is 17.5 Å². The van der Waals surface area contributed by atoms with Crippen molar-refractivity contribution < 1.29 is 9.21 Å². The predicted octanol–water partition coefficient (Wildman–Crippen LogP) is 3.34. The number of hydrogen-bond donors (Lipinski definition) is 0. The summed E-state index contributed by atoms with van der Waals surface area (Å²) in [5.74, 6) is 0.747. The number of carbonyl (C=O) groups excluding carboxylic acids is 1. The highest BCUT2D eigenvalue weighted by atomic mass is 35.5. The van der Waals surface area contributed by atoms with Crippen LogP contribution in [0.2, 0.25) is 5.22 Å². The topological polar surface area (TPSA) is 33.5 Å². The van der Waals surface area contributed by atoms with E-state index in [2.05, 4.69) is 0 Å². The maximum atomic E-state index is 12.4. The summed E-state index contributed by atoms with van der Waals surface area (Å²) in [6, 6.07) is 2.10. The molecule has 3 rings (SSSR count). The SMILES string of the molecule is O=C(c1ccoc1Cl)N1CCC2CCCCC21. The Bertz CT molecular complexity index is 429. The van der Waals surface area contributed by atoms with Crippen molar-refractivity contribution >= 4 is 17.5 Å². The van der Waals surface area contributed by atoms with Crippen LogP contribution in [0.25, 0.3) is 0 Å². The van der Waals surface area contributed by atoms with E-state index in [1.165, 1.54) is 25.5 Å². The van der Waals surface area contributed by atoms with Crippen molar-refractivity contribution in [3.8, 4) is 0 Å². The van der Waals surface area contributed by atoms with Crippen LogP contribution < -0.4 is 0 Å². The zero-order valence-corrected chi connectivity index (χ0v) is 10.4. The van der Waals surface area contributed by atoms with Crippen molar-refractivity contribution in [1.29, 1.82) is 0 Å². The molecule has 1 aromatic rings. The van der Waals surface area contributed by atoms with E-state index in [4.69, 9.17) is 16.0 Å². The van der Waals surface area contributed by atoms with Gasteiger partial charge in [-0.2, -0.15) is 0 Å². The lowest BCUT2D eigenvalue weighted by molar-refractivity contribution is 0.0689. The molecule has 0 bridgehead atoms. The van der Waals surface area contributed by atoms with E-state index in [9.17, 15) is 4.79 Å². The highest BCUT2D eigenvalue weighted by Gasteiger charge is 2.39. The van der Waals surface area contributed by atoms with Gasteiger partial charge in [-0.05, 0) is 42.8 Å². The minimum atomic E-state index is 0.0400. The largest absolute Gasteiger partial charge is 0.452 e. The Morgan fingerprint density at radius 2 is 2.18 bits per heavy atom. The van der Waals surface area contributed by atoms with Gasteiger partial charge in [-0.1, -0.05) is 12.8 Å². The van der Waals surface area contributed by atoms with Gasteiger partial charge < -0.3 is 9.32 Å². The lowest BCUT2D eigenvalue weighted by Gasteiger charge is -2.31. The average molecular weight is 254 g/mol. The van der Waals surface area contributed by atoms with Crippen LogP contribution in [0.15, 0.2) is 16.7 Å². The second-order valence-electron chi connectivity index (χ2n) is 5.01. The molecule has 92 valence electrons. The monoisotopic (exact) mass is 253 g/mol. The molecule has 1 saturated heterocycles. The number of halogens is 1. The van der Waals surface area contributed by atoms with Crippen molar-refractivity contribution in [1.82, 2.24) is 4.90 Å². The molecule has 2 fully saturated rings. The molecule has 0 aromatic carbocycles. The summed E-state index contributed by atoms with van der Waals surface area (Å²) in [5, 5.41) is 0.217. The van der Waals surface area contributed by atoms with Crippen LogP contribution >= 0.6 is 11.6 Å². The summed E-state index contributed by atoms with van der Waals surface area (Å²) in [5.41, 5.74) is 0.512. The third-order valence-electron chi connectivity index (χ3n) is 4.12. The molecule has 4 heteroatoms. The van der Waals surface area contributed by atoms with E-state index < -0.39 is 0 Å². The smallest absolute Gasteiger partial charge is 0.258 e. The summed E-state index contributed by atoms with van der Waals surface area (Å²) < 4.78 is 5.00. The molecule has 2 aliphatic rings. The van der Waals surface area contributed by atoms with Crippen molar-refractivity contribution in [3.05, 3.63) is 23.1 Å². The van der Waals surface area contributed by atoms with Gasteiger partial charge in [0.25, 0.3) is 5.91 Å². The first-order valence-electron chi connectivity index (χ1n) is 6.31. The Balaban J connectivity index is 1.81. The van der Waals surface area contributed by atoms with Gasteiger partial charge in [0.1, 0.15) is 0 Å². The first-order valence-corrected chi connectivity index (χ1v) is 6.69.